The molecule has 0 aromatic carbocycles. The summed E-state index contributed by atoms with van der Waals surface area (Å²) in [7, 11) is 0. The molecule has 0 spiro atoms. The molecular weight excluding hydrogens is 316 g/mol. The molecule has 1 aromatic rings. The second-order valence-corrected chi connectivity index (χ2v) is 6.76. The van der Waals surface area contributed by atoms with Gasteiger partial charge in [-0.3, -0.25) is 4.79 Å². The molecule has 1 aromatic heterocycles. The maximum Gasteiger partial charge on any atom is 0.248 e. The molecule has 130 valence electrons. The molecule has 1 aliphatic carbocycles. The smallest absolute Gasteiger partial charge is 0.248 e. The number of amides is 1. The lowest BCUT2D eigenvalue weighted by molar-refractivity contribution is -0.127. The third kappa shape index (κ3) is 4.23. The summed E-state index contributed by atoms with van der Waals surface area (Å²) in [5.74, 6) is 2.28. The van der Waals surface area contributed by atoms with Gasteiger partial charge in [-0.15, -0.1) is 12.4 Å². The Kier molecular flexibility index (Phi) is 6.41. The van der Waals surface area contributed by atoms with Gasteiger partial charge in [0.1, 0.15) is 6.04 Å². The molecule has 1 amide bonds. The summed E-state index contributed by atoms with van der Waals surface area (Å²) in [6, 6.07) is -0.229. The van der Waals surface area contributed by atoms with Gasteiger partial charge in [0, 0.05) is 11.8 Å². The van der Waals surface area contributed by atoms with Crippen LogP contribution >= 0.6 is 12.4 Å². The molecule has 1 aliphatic heterocycles. The first-order valence-corrected chi connectivity index (χ1v) is 8.49. The van der Waals surface area contributed by atoms with Gasteiger partial charge in [0.2, 0.25) is 11.8 Å². The van der Waals surface area contributed by atoms with Crippen LogP contribution in [0.15, 0.2) is 4.52 Å². The fourth-order valence-corrected chi connectivity index (χ4v) is 3.23. The largest absolute Gasteiger partial charge is 0.344 e. The van der Waals surface area contributed by atoms with Crippen LogP contribution < -0.4 is 10.6 Å². The summed E-state index contributed by atoms with van der Waals surface area (Å²) in [6.07, 6.45) is 6.08. The van der Waals surface area contributed by atoms with Crippen LogP contribution in [0.25, 0.3) is 0 Å². The summed E-state index contributed by atoms with van der Waals surface area (Å²) < 4.78 is 5.37. The third-order valence-electron chi connectivity index (χ3n) is 5.09. The number of aromatic nitrogens is 2. The second kappa shape index (κ2) is 8.11. The van der Waals surface area contributed by atoms with E-state index in [4.69, 9.17) is 4.52 Å². The predicted octanol–water partition coefficient (Wildman–Crippen LogP) is 2.57. The first-order valence-electron chi connectivity index (χ1n) is 8.49. The van der Waals surface area contributed by atoms with Crippen LogP contribution in [0.4, 0.5) is 0 Å². The molecule has 3 rings (SSSR count). The molecule has 1 saturated carbocycles. The van der Waals surface area contributed by atoms with E-state index in [-0.39, 0.29) is 30.3 Å². The predicted molar refractivity (Wildman–Crippen MR) is 89.5 cm³/mol. The van der Waals surface area contributed by atoms with Gasteiger partial charge < -0.3 is 15.2 Å². The van der Waals surface area contributed by atoms with Gasteiger partial charge in [-0.05, 0) is 38.8 Å². The van der Waals surface area contributed by atoms with Crippen LogP contribution in [0.1, 0.15) is 69.6 Å². The summed E-state index contributed by atoms with van der Waals surface area (Å²) in [4.78, 5) is 16.8. The van der Waals surface area contributed by atoms with E-state index in [2.05, 4.69) is 20.8 Å². The Labute approximate surface area is 143 Å². The van der Waals surface area contributed by atoms with Gasteiger partial charge in [0.25, 0.3) is 0 Å². The molecule has 2 atom stereocenters. The summed E-state index contributed by atoms with van der Waals surface area (Å²) in [5.41, 5.74) is 0. The number of nitrogens with zero attached hydrogens (tertiary/aromatic N) is 2. The highest BCUT2D eigenvalue weighted by molar-refractivity contribution is 5.85. The number of carbonyl (C=O) groups excluding carboxylic acids is 1. The van der Waals surface area contributed by atoms with Gasteiger partial charge >= 0.3 is 0 Å². The van der Waals surface area contributed by atoms with E-state index in [1.807, 2.05) is 13.8 Å². The van der Waals surface area contributed by atoms with Gasteiger partial charge in [-0.2, -0.15) is 4.98 Å². The van der Waals surface area contributed by atoms with Crippen molar-refractivity contribution >= 4 is 18.3 Å². The van der Waals surface area contributed by atoms with Crippen LogP contribution in [-0.4, -0.2) is 29.1 Å². The minimum Gasteiger partial charge on any atom is -0.344 e. The fourth-order valence-electron chi connectivity index (χ4n) is 3.23. The van der Waals surface area contributed by atoms with Crippen molar-refractivity contribution in [3.8, 4) is 0 Å². The van der Waals surface area contributed by atoms with Gasteiger partial charge in [0.05, 0.1) is 0 Å². The molecule has 0 bridgehead atoms. The zero-order valence-electron chi connectivity index (χ0n) is 13.9. The van der Waals surface area contributed by atoms with E-state index >= 15 is 0 Å². The van der Waals surface area contributed by atoms with Crippen molar-refractivity contribution in [3.63, 3.8) is 0 Å². The number of nitrogens with one attached hydrogen (secondary N) is 2. The number of hydrogen-bond donors (Lipinski definition) is 2. The molecule has 1 saturated heterocycles. The minimum atomic E-state index is -0.229. The fraction of sp³-hybridized carbons (Fsp3) is 0.812. The number of hydrogen-bond acceptors (Lipinski definition) is 5. The maximum absolute atomic E-state index is 12.2. The normalized spacial score (nSPS) is 21.8. The maximum atomic E-state index is 12.2. The van der Waals surface area contributed by atoms with Gasteiger partial charge in [0.15, 0.2) is 5.82 Å². The molecule has 6 nitrogen and oxygen atoms in total. The SMILES string of the molecule is CC(NC(=O)C(C)C1CNC1)c1nc(C2CCCCC2)no1.Cl. The summed E-state index contributed by atoms with van der Waals surface area (Å²) in [5, 5.41) is 10.3. The van der Waals surface area contributed by atoms with Gasteiger partial charge in [-0.1, -0.05) is 31.3 Å². The number of carbonyl (C=O) groups is 1. The van der Waals surface area contributed by atoms with E-state index in [0.29, 0.717) is 17.7 Å². The highest BCUT2D eigenvalue weighted by Gasteiger charge is 2.30. The average Bonchev–Trinajstić information content (AvgIpc) is 2.96. The van der Waals surface area contributed by atoms with Crippen molar-refractivity contribution in [2.24, 2.45) is 11.8 Å². The van der Waals surface area contributed by atoms with E-state index < -0.39 is 0 Å². The van der Waals surface area contributed by atoms with Crippen LogP contribution in [-0.2, 0) is 4.79 Å². The molecular formula is C16H27ClN4O2. The Hall–Kier alpha value is -1.14. The quantitative estimate of drug-likeness (QED) is 0.859. The first-order chi connectivity index (χ1) is 10.6. The molecule has 2 aliphatic rings. The Morgan fingerprint density at radius 2 is 1.96 bits per heavy atom. The highest BCUT2D eigenvalue weighted by Crippen LogP contribution is 2.31. The van der Waals surface area contributed by atoms with E-state index in [0.717, 1.165) is 31.8 Å². The van der Waals surface area contributed by atoms with Crippen LogP contribution in [0.2, 0.25) is 0 Å². The Balaban J connectivity index is 0.00000192. The molecule has 23 heavy (non-hydrogen) atoms. The zero-order valence-corrected chi connectivity index (χ0v) is 14.7. The molecule has 2 fully saturated rings. The van der Waals surface area contributed by atoms with E-state index in [9.17, 15) is 4.79 Å². The van der Waals surface area contributed by atoms with E-state index in [1.165, 1.54) is 19.3 Å². The highest BCUT2D eigenvalue weighted by atomic mass is 35.5. The van der Waals surface area contributed by atoms with Crippen molar-refractivity contribution in [2.45, 2.75) is 57.9 Å². The molecule has 2 N–H and O–H groups in total. The standard InChI is InChI=1S/C16H26N4O2.ClH/c1-10(13-8-17-9-13)15(21)18-11(2)16-19-14(20-22-16)12-6-4-3-5-7-12;/h10-13,17H,3-9H2,1-2H3,(H,18,21);1H. The lowest BCUT2D eigenvalue weighted by Crippen LogP contribution is -2.49. The van der Waals surface area contributed by atoms with Crippen LogP contribution in [0.5, 0.6) is 0 Å². The second-order valence-electron chi connectivity index (χ2n) is 6.76. The molecule has 0 radical (unpaired) electrons. The number of halogens is 1. The Morgan fingerprint density at radius 3 is 2.57 bits per heavy atom. The third-order valence-corrected chi connectivity index (χ3v) is 5.09. The van der Waals surface area contributed by atoms with Crippen LogP contribution in [0.3, 0.4) is 0 Å². The minimum absolute atomic E-state index is 0. The lowest BCUT2D eigenvalue weighted by Gasteiger charge is -2.32. The van der Waals surface area contributed by atoms with Crippen molar-refractivity contribution in [1.82, 2.24) is 20.8 Å². The summed E-state index contributed by atoms with van der Waals surface area (Å²) >= 11 is 0. The topological polar surface area (TPSA) is 80.0 Å². The summed E-state index contributed by atoms with van der Waals surface area (Å²) in [6.45, 7) is 5.74. The first kappa shape index (κ1) is 18.2. The lowest BCUT2D eigenvalue weighted by atomic mass is 9.88. The van der Waals surface area contributed by atoms with Gasteiger partial charge in [-0.25, -0.2) is 0 Å². The zero-order chi connectivity index (χ0) is 15.5. The number of rotatable bonds is 5. The van der Waals surface area contributed by atoms with Crippen LogP contribution in [0, 0.1) is 11.8 Å². The Morgan fingerprint density at radius 1 is 1.26 bits per heavy atom. The molecule has 2 unspecified atom stereocenters. The van der Waals surface area contributed by atoms with Crippen molar-refractivity contribution in [3.05, 3.63) is 11.7 Å². The van der Waals surface area contributed by atoms with E-state index in [1.54, 1.807) is 0 Å². The van der Waals surface area contributed by atoms with Crippen molar-refractivity contribution < 1.29 is 9.32 Å². The molecule has 7 heteroatoms. The van der Waals surface area contributed by atoms with Crippen molar-refractivity contribution in [1.29, 1.82) is 0 Å². The average molecular weight is 343 g/mol. The Bertz CT molecular complexity index is 512. The molecule has 2 heterocycles. The monoisotopic (exact) mass is 342 g/mol. The van der Waals surface area contributed by atoms with Crippen molar-refractivity contribution in [2.75, 3.05) is 13.1 Å².